The normalized spacial score (nSPS) is 10.6. The van der Waals surface area contributed by atoms with Crippen LogP contribution in [0.1, 0.15) is 20.8 Å². The summed E-state index contributed by atoms with van der Waals surface area (Å²) in [6.45, 7) is 4.08. The van der Waals surface area contributed by atoms with Crippen molar-refractivity contribution in [2.75, 3.05) is 0 Å². The van der Waals surface area contributed by atoms with Crippen LogP contribution in [0.4, 0.5) is 0 Å². The van der Waals surface area contributed by atoms with Gasteiger partial charge < -0.3 is 0 Å². The number of aryl methyl sites for hydroxylation is 2. The van der Waals surface area contributed by atoms with Gasteiger partial charge in [0.15, 0.2) is 0 Å². The Morgan fingerprint density at radius 2 is 1.93 bits per heavy atom. The van der Waals surface area contributed by atoms with Crippen molar-refractivity contribution >= 4 is 27.3 Å². The highest BCUT2D eigenvalue weighted by molar-refractivity contribution is 7.20. The van der Waals surface area contributed by atoms with Gasteiger partial charge in [-0.25, -0.2) is 5.48 Å². The Labute approximate surface area is 91.3 Å². The summed E-state index contributed by atoms with van der Waals surface area (Å²) in [5.74, 6) is -0.452. The van der Waals surface area contributed by atoms with Crippen molar-refractivity contribution in [3.63, 3.8) is 0 Å². The maximum Gasteiger partial charge on any atom is 0.284 e. The van der Waals surface area contributed by atoms with Crippen molar-refractivity contribution in [1.29, 1.82) is 0 Å². The lowest BCUT2D eigenvalue weighted by Gasteiger charge is -1.97. The van der Waals surface area contributed by atoms with E-state index < -0.39 is 5.91 Å². The standard InChI is InChI=1S/C11H11NO2S/c1-6-3-8-5-10(11(13)12-14)15-9(8)4-7(6)2/h3-5,14H,1-2H3,(H,12,13). The fourth-order valence-electron chi connectivity index (χ4n) is 1.47. The van der Waals surface area contributed by atoms with Crippen LogP contribution < -0.4 is 5.48 Å². The summed E-state index contributed by atoms with van der Waals surface area (Å²) >= 11 is 1.38. The minimum absolute atomic E-state index is 0.452. The van der Waals surface area contributed by atoms with Gasteiger partial charge in [0.2, 0.25) is 0 Å². The number of fused-ring (bicyclic) bond motifs is 1. The first-order valence-corrected chi connectivity index (χ1v) is 5.38. The third-order valence-electron chi connectivity index (χ3n) is 2.46. The van der Waals surface area contributed by atoms with E-state index in [1.807, 2.05) is 13.8 Å². The Balaban J connectivity index is 2.61. The number of carbonyl (C=O) groups is 1. The van der Waals surface area contributed by atoms with E-state index in [0.717, 1.165) is 10.1 Å². The minimum Gasteiger partial charge on any atom is -0.288 e. The number of hydroxylamine groups is 1. The number of carbonyl (C=O) groups excluding carboxylic acids is 1. The molecule has 0 fully saturated rings. The number of hydrogen-bond donors (Lipinski definition) is 2. The van der Waals surface area contributed by atoms with E-state index >= 15 is 0 Å². The first-order chi connectivity index (χ1) is 7.11. The average Bonchev–Trinajstić information content (AvgIpc) is 2.60. The van der Waals surface area contributed by atoms with E-state index in [4.69, 9.17) is 5.21 Å². The topological polar surface area (TPSA) is 49.3 Å². The van der Waals surface area contributed by atoms with Crippen molar-refractivity contribution in [1.82, 2.24) is 5.48 Å². The second kappa shape index (κ2) is 3.64. The number of rotatable bonds is 1. The molecule has 0 atom stereocenters. The SMILES string of the molecule is Cc1cc2cc(C(=O)NO)sc2cc1C. The number of hydrogen-bond acceptors (Lipinski definition) is 3. The molecule has 3 nitrogen and oxygen atoms in total. The van der Waals surface area contributed by atoms with Crippen molar-refractivity contribution in [3.8, 4) is 0 Å². The molecule has 4 heteroatoms. The molecule has 2 rings (SSSR count). The van der Waals surface area contributed by atoms with Crippen LogP contribution in [0.15, 0.2) is 18.2 Å². The van der Waals surface area contributed by atoms with Crippen LogP contribution in [-0.4, -0.2) is 11.1 Å². The molecule has 2 aromatic rings. The van der Waals surface area contributed by atoms with Crippen molar-refractivity contribution < 1.29 is 10.0 Å². The molecule has 1 aromatic carbocycles. The smallest absolute Gasteiger partial charge is 0.284 e. The highest BCUT2D eigenvalue weighted by Crippen LogP contribution is 2.28. The maximum absolute atomic E-state index is 11.2. The summed E-state index contributed by atoms with van der Waals surface area (Å²) in [7, 11) is 0. The predicted molar refractivity (Wildman–Crippen MR) is 60.6 cm³/mol. The molecule has 1 heterocycles. The third-order valence-corrected chi connectivity index (χ3v) is 3.55. The zero-order valence-electron chi connectivity index (χ0n) is 8.50. The van der Waals surface area contributed by atoms with Gasteiger partial charge in [0.25, 0.3) is 5.91 Å². The molecule has 0 saturated heterocycles. The molecule has 0 radical (unpaired) electrons. The van der Waals surface area contributed by atoms with E-state index in [9.17, 15) is 4.79 Å². The van der Waals surface area contributed by atoms with Crippen molar-refractivity contribution in [2.45, 2.75) is 13.8 Å². The number of thiophene rings is 1. The van der Waals surface area contributed by atoms with E-state index in [2.05, 4.69) is 12.1 Å². The molecule has 0 spiro atoms. The van der Waals surface area contributed by atoms with Gasteiger partial charge in [-0.15, -0.1) is 11.3 Å². The van der Waals surface area contributed by atoms with Crippen LogP contribution in [0.3, 0.4) is 0 Å². The molecule has 1 aromatic heterocycles. The lowest BCUT2D eigenvalue weighted by molar-refractivity contribution is 0.0711. The van der Waals surface area contributed by atoms with Gasteiger partial charge in [-0.1, -0.05) is 6.07 Å². The first kappa shape index (κ1) is 10.1. The van der Waals surface area contributed by atoms with Gasteiger partial charge in [-0.3, -0.25) is 10.0 Å². The van der Waals surface area contributed by atoms with Gasteiger partial charge in [0, 0.05) is 4.70 Å². The van der Waals surface area contributed by atoms with Crippen LogP contribution in [-0.2, 0) is 0 Å². The Morgan fingerprint density at radius 1 is 1.27 bits per heavy atom. The molecule has 0 saturated carbocycles. The highest BCUT2D eigenvalue weighted by Gasteiger charge is 2.09. The molecule has 15 heavy (non-hydrogen) atoms. The van der Waals surface area contributed by atoms with Gasteiger partial charge in [0.1, 0.15) is 0 Å². The lowest BCUT2D eigenvalue weighted by atomic mass is 10.1. The molecule has 0 unspecified atom stereocenters. The van der Waals surface area contributed by atoms with Crippen molar-refractivity contribution in [2.24, 2.45) is 0 Å². The second-order valence-electron chi connectivity index (χ2n) is 3.53. The lowest BCUT2D eigenvalue weighted by Crippen LogP contribution is -2.16. The summed E-state index contributed by atoms with van der Waals surface area (Å²) < 4.78 is 1.07. The quantitative estimate of drug-likeness (QED) is 0.574. The zero-order valence-corrected chi connectivity index (χ0v) is 9.31. The second-order valence-corrected chi connectivity index (χ2v) is 4.61. The Bertz CT molecular complexity index is 492. The Morgan fingerprint density at radius 3 is 2.60 bits per heavy atom. The van der Waals surface area contributed by atoms with Gasteiger partial charge in [-0.05, 0) is 42.5 Å². The first-order valence-electron chi connectivity index (χ1n) is 4.57. The molecule has 78 valence electrons. The molecular formula is C11H11NO2S. The summed E-state index contributed by atoms with van der Waals surface area (Å²) in [6.07, 6.45) is 0. The minimum atomic E-state index is -0.452. The molecule has 0 aliphatic heterocycles. The number of amides is 1. The molecule has 2 N–H and O–H groups in total. The zero-order chi connectivity index (χ0) is 11.0. The monoisotopic (exact) mass is 221 g/mol. The van der Waals surface area contributed by atoms with E-state index in [1.165, 1.54) is 22.5 Å². The Hall–Kier alpha value is -1.39. The summed E-state index contributed by atoms with van der Waals surface area (Å²) in [6, 6.07) is 5.90. The van der Waals surface area contributed by atoms with Crippen LogP contribution in [0, 0.1) is 13.8 Å². The van der Waals surface area contributed by atoms with Crippen LogP contribution in [0.25, 0.3) is 10.1 Å². The molecule has 0 bridgehead atoms. The van der Waals surface area contributed by atoms with Crippen LogP contribution in [0.2, 0.25) is 0 Å². The highest BCUT2D eigenvalue weighted by atomic mass is 32.1. The van der Waals surface area contributed by atoms with Crippen molar-refractivity contribution in [3.05, 3.63) is 34.2 Å². The third kappa shape index (κ3) is 1.73. The molecule has 1 amide bonds. The largest absolute Gasteiger partial charge is 0.288 e. The van der Waals surface area contributed by atoms with Crippen LogP contribution in [0.5, 0.6) is 0 Å². The van der Waals surface area contributed by atoms with E-state index in [1.54, 1.807) is 11.5 Å². The molecule has 0 aliphatic rings. The Kier molecular flexibility index (Phi) is 2.46. The fraction of sp³-hybridized carbons (Fsp3) is 0.182. The summed E-state index contributed by atoms with van der Waals surface area (Å²) in [5.41, 5.74) is 4.06. The molecular weight excluding hydrogens is 210 g/mol. The fourth-order valence-corrected chi connectivity index (χ4v) is 2.50. The number of nitrogens with one attached hydrogen (secondary N) is 1. The van der Waals surface area contributed by atoms with Gasteiger partial charge >= 0.3 is 0 Å². The van der Waals surface area contributed by atoms with Crippen LogP contribution >= 0.6 is 11.3 Å². The molecule has 0 aliphatic carbocycles. The summed E-state index contributed by atoms with van der Waals surface area (Å²) in [5, 5.41) is 9.57. The van der Waals surface area contributed by atoms with E-state index in [0.29, 0.717) is 4.88 Å². The summed E-state index contributed by atoms with van der Waals surface area (Å²) in [4.78, 5) is 11.7. The van der Waals surface area contributed by atoms with E-state index in [-0.39, 0.29) is 0 Å². The average molecular weight is 221 g/mol. The predicted octanol–water partition coefficient (Wildman–Crippen LogP) is 2.64. The van der Waals surface area contributed by atoms with Gasteiger partial charge in [-0.2, -0.15) is 0 Å². The van der Waals surface area contributed by atoms with Gasteiger partial charge in [0.05, 0.1) is 4.88 Å². The maximum atomic E-state index is 11.2. The number of benzene rings is 1.